The normalized spacial score (nSPS) is 18.8. The minimum atomic E-state index is -0.317. The largest absolute Gasteiger partial charge is 0.493 e. The molecule has 7 heteroatoms. The number of nitriles is 1. The minimum Gasteiger partial charge on any atom is -0.493 e. The van der Waals surface area contributed by atoms with Crippen molar-refractivity contribution in [2.75, 3.05) is 26.8 Å². The molecule has 2 atom stereocenters. The molecule has 2 aromatic carbocycles. The Morgan fingerprint density at radius 3 is 3.00 bits per heavy atom. The van der Waals surface area contributed by atoms with Crippen LogP contribution in [0.15, 0.2) is 40.9 Å². The van der Waals surface area contributed by atoms with Gasteiger partial charge >= 0.3 is 0 Å². The van der Waals surface area contributed by atoms with Gasteiger partial charge in [0.1, 0.15) is 5.82 Å². The molecular formula is C23H24FN3O3. The smallest absolute Gasteiger partial charge is 0.170 e. The zero-order chi connectivity index (χ0) is 20.9. The fourth-order valence-electron chi connectivity index (χ4n) is 4.17. The molecule has 30 heavy (non-hydrogen) atoms. The number of hydrogen-bond acceptors (Lipinski definition) is 6. The van der Waals surface area contributed by atoms with Gasteiger partial charge < -0.3 is 19.3 Å². The number of halogens is 1. The number of benzene rings is 2. The molecule has 6 nitrogen and oxygen atoms in total. The molecule has 0 radical (unpaired) electrons. The molecule has 1 aliphatic rings. The Morgan fingerprint density at radius 1 is 1.27 bits per heavy atom. The van der Waals surface area contributed by atoms with Crippen molar-refractivity contribution in [3.05, 3.63) is 53.5 Å². The molecule has 156 valence electrons. The molecule has 0 aliphatic carbocycles. The van der Waals surface area contributed by atoms with Gasteiger partial charge in [0.05, 0.1) is 31.0 Å². The Hall–Kier alpha value is -3.11. The predicted molar refractivity (Wildman–Crippen MR) is 110 cm³/mol. The van der Waals surface area contributed by atoms with E-state index in [2.05, 4.69) is 16.5 Å². The Morgan fingerprint density at radius 2 is 2.17 bits per heavy atom. The molecule has 1 saturated heterocycles. The first-order valence-corrected chi connectivity index (χ1v) is 10.2. The van der Waals surface area contributed by atoms with Gasteiger partial charge in [0, 0.05) is 23.4 Å². The first-order chi connectivity index (χ1) is 14.7. The van der Waals surface area contributed by atoms with Crippen molar-refractivity contribution in [2.45, 2.75) is 25.2 Å². The second-order valence-electron chi connectivity index (χ2n) is 7.54. The van der Waals surface area contributed by atoms with Crippen LogP contribution in [0.3, 0.4) is 0 Å². The van der Waals surface area contributed by atoms with E-state index in [-0.39, 0.29) is 11.7 Å². The van der Waals surface area contributed by atoms with E-state index >= 15 is 0 Å². The van der Waals surface area contributed by atoms with Gasteiger partial charge in [-0.1, -0.05) is 5.16 Å². The van der Waals surface area contributed by atoms with E-state index in [1.807, 2.05) is 0 Å². The molecule has 0 saturated carbocycles. The predicted octanol–water partition coefficient (Wildman–Crippen LogP) is 4.40. The van der Waals surface area contributed by atoms with E-state index in [9.17, 15) is 4.39 Å². The molecule has 1 fully saturated rings. The number of aromatic nitrogens is 1. The van der Waals surface area contributed by atoms with Crippen molar-refractivity contribution in [2.24, 2.45) is 5.92 Å². The van der Waals surface area contributed by atoms with Crippen LogP contribution < -0.4 is 14.8 Å². The fourth-order valence-corrected chi connectivity index (χ4v) is 4.17. The van der Waals surface area contributed by atoms with E-state index in [1.165, 1.54) is 12.1 Å². The van der Waals surface area contributed by atoms with Gasteiger partial charge in [0.25, 0.3) is 0 Å². The molecule has 0 bridgehead atoms. The Kier molecular flexibility index (Phi) is 6.15. The first kappa shape index (κ1) is 20.2. The molecule has 3 aromatic rings. The number of ether oxygens (including phenoxy) is 2. The monoisotopic (exact) mass is 409 g/mol. The van der Waals surface area contributed by atoms with Crippen LogP contribution >= 0.6 is 0 Å². The summed E-state index contributed by atoms with van der Waals surface area (Å²) in [5.41, 5.74) is 1.96. The minimum absolute atomic E-state index is 0.266. The number of nitrogens with zero attached hydrogens (tertiary/aromatic N) is 2. The molecule has 0 amide bonds. The number of hydrogen-bond donors (Lipinski definition) is 1. The molecule has 1 aromatic heterocycles. The van der Waals surface area contributed by atoms with Crippen molar-refractivity contribution >= 4 is 11.0 Å². The summed E-state index contributed by atoms with van der Waals surface area (Å²) in [5.74, 6) is 1.54. The molecular weight excluding hydrogens is 385 g/mol. The van der Waals surface area contributed by atoms with Gasteiger partial charge in [-0.2, -0.15) is 5.26 Å². The highest BCUT2D eigenvalue weighted by molar-refractivity contribution is 5.80. The molecule has 4 rings (SSSR count). The fraction of sp³-hybridized carbons (Fsp3) is 0.391. The van der Waals surface area contributed by atoms with Gasteiger partial charge in [0.2, 0.25) is 0 Å². The van der Waals surface area contributed by atoms with Crippen LogP contribution in [0, 0.1) is 23.1 Å². The lowest BCUT2D eigenvalue weighted by molar-refractivity contribution is 0.246. The van der Waals surface area contributed by atoms with Crippen LogP contribution in [0.25, 0.3) is 11.0 Å². The second-order valence-corrected chi connectivity index (χ2v) is 7.54. The number of fused-ring (bicyclic) bond motifs is 1. The quantitative estimate of drug-likeness (QED) is 0.583. The molecule has 1 N–H and O–H groups in total. The topological polar surface area (TPSA) is 80.3 Å². The van der Waals surface area contributed by atoms with Crippen molar-refractivity contribution in [1.29, 1.82) is 5.26 Å². The first-order valence-electron chi connectivity index (χ1n) is 10.2. The zero-order valence-corrected chi connectivity index (χ0v) is 16.9. The average molecular weight is 409 g/mol. The summed E-state index contributed by atoms with van der Waals surface area (Å²) in [6, 6.07) is 11.9. The van der Waals surface area contributed by atoms with Gasteiger partial charge in [-0.15, -0.1) is 0 Å². The van der Waals surface area contributed by atoms with Gasteiger partial charge in [-0.05, 0) is 62.5 Å². The van der Waals surface area contributed by atoms with Crippen LogP contribution in [-0.4, -0.2) is 32.0 Å². The van der Waals surface area contributed by atoms with Crippen molar-refractivity contribution < 1.29 is 18.4 Å². The number of nitrogens with one attached hydrogen (secondary N) is 1. The summed E-state index contributed by atoms with van der Waals surface area (Å²) in [6.07, 6.45) is 2.80. The summed E-state index contributed by atoms with van der Waals surface area (Å²) in [4.78, 5) is 0. The Bertz CT molecular complexity index is 1060. The Balaban J connectivity index is 1.39. The number of rotatable bonds is 7. The highest BCUT2D eigenvalue weighted by Crippen LogP contribution is 2.36. The standard InChI is InChI=1S/C23H24FN3O3/c1-28-22-11-15(13-25)4-7-20(22)29-10-2-3-16-14-26-9-8-18(16)23-19-6-5-17(24)12-21(19)30-27-23/h4-7,11-12,16,18,26H,2-3,8-10,14H2,1H3. The Labute approximate surface area is 174 Å². The van der Waals surface area contributed by atoms with Crippen LogP contribution in [0.1, 0.15) is 36.4 Å². The third kappa shape index (κ3) is 4.24. The van der Waals surface area contributed by atoms with Gasteiger partial charge in [-0.3, -0.25) is 0 Å². The average Bonchev–Trinajstić information content (AvgIpc) is 3.19. The molecule has 2 unspecified atom stereocenters. The van der Waals surface area contributed by atoms with E-state index in [1.54, 1.807) is 31.4 Å². The lowest BCUT2D eigenvalue weighted by atomic mass is 9.80. The zero-order valence-electron chi connectivity index (χ0n) is 16.9. The second kappa shape index (κ2) is 9.14. The highest BCUT2D eigenvalue weighted by atomic mass is 19.1. The summed E-state index contributed by atoms with van der Waals surface area (Å²) < 4.78 is 30.1. The highest BCUT2D eigenvalue weighted by Gasteiger charge is 2.30. The molecule has 1 aliphatic heterocycles. The van der Waals surface area contributed by atoms with Crippen molar-refractivity contribution in [3.63, 3.8) is 0 Å². The lowest BCUT2D eigenvalue weighted by Gasteiger charge is -2.31. The van der Waals surface area contributed by atoms with Crippen molar-refractivity contribution in [3.8, 4) is 17.6 Å². The van der Waals surface area contributed by atoms with Crippen LogP contribution in [0.4, 0.5) is 4.39 Å². The summed E-state index contributed by atoms with van der Waals surface area (Å²) in [7, 11) is 1.57. The van der Waals surface area contributed by atoms with E-state index < -0.39 is 0 Å². The maximum atomic E-state index is 13.5. The van der Waals surface area contributed by atoms with Crippen LogP contribution in [-0.2, 0) is 0 Å². The van der Waals surface area contributed by atoms with E-state index in [0.29, 0.717) is 35.2 Å². The SMILES string of the molecule is COc1cc(C#N)ccc1OCCCC1CNCCC1c1noc2cc(F)ccc12. The van der Waals surface area contributed by atoms with Crippen molar-refractivity contribution in [1.82, 2.24) is 10.5 Å². The van der Waals surface area contributed by atoms with Gasteiger partial charge in [-0.25, -0.2) is 4.39 Å². The molecule has 0 spiro atoms. The maximum Gasteiger partial charge on any atom is 0.170 e. The number of piperidine rings is 1. The maximum absolute atomic E-state index is 13.5. The van der Waals surface area contributed by atoms with Crippen LogP contribution in [0.2, 0.25) is 0 Å². The lowest BCUT2D eigenvalue weighted by Crippen LogP contribution is -2.35. The third-order valence-corrected chi connectivity index (χ3v) is 5.69. The summed E-state index contributed by atoms with van der Waals surface area (Å²) in [6.45, 7) is 2.38. The number of methoxy groups -OCH3 is 1. The van der Waals surface area contributed by atoms with E-state index in [4.69, 9.17) is 19.3 Å². The summed E-state index contributed by atoms with van der Waals surface area (Å²) in [5, 5.41) is 17.6. The van der Waals surface area contributed by atoms with E-state index in [0.717, 1.165) is 43.4 Å². The van der Waals surface area contributed by atoms with Gasteiger partial charge in [0.15, 0.2) is 17.1 Å². The molecule has 2 heterocycles. The summed E-state index contributed by atoms with van der Waals surface area (Å²) >= 11 is 0. The van der Waals surface area contributed by atoms with Crippen LogP contribution in [0.5, 0.6) is 11.5 Å². The third-order valence-electron chi connectivity index (χ3n) is 5.69.